The average Bonchev–Trinajstić information content (AvgIpc) is 2.32. The van der Waals surface area contributed by atoms with Crippen LogP contribution in [0, 0.1) is 21.8 Å². The molecule has 1 aromatic rings. The third-order valence-electron chi connectivity index (χ3n) is 3.18. The number of hydrogen-bond donors (Lipinski definition) is 2. The zero-order valence-electron chi connectivity index (χ0n) is 10.3. The number of aliphatic hydroxyl groups is 1. The molecular weight excluding hydrogens is 291 g/mol. The van der Waals surface area contributed by atoms with E-state index in [0.717, 1.165) is 12.1 Å². The Labute approximate surface area is 114 Å². The quantitative estimate of drug-likeness (QED) is 0.617. The lowest BCUT2D eigenvalue weighted by atomic mass is 9.83. The molecule has 1 fully saturated rings. The minimum Gasteiger partial charge on any atom is -0.393 e. The molecule has 0 atom stereocenters. The van der Waals surface area contributed by atoms with E-state index in [1.165, 1.54) is 0 Å². The Balaban J connectivity index is 2.18. The molecule has 0 heterocycles. The van der Waals surface area contributed by atoms with Gasteiger partial charge in [0.05, 0.1) is 17.1 Å². The summed E-state index contributed by atoms with van der Waals surface area (Å²) in [4.78, 5) is 9.28. The molecule has 0 spiro atoms. The molecule has 2 N–H and O–H groups in total. The van der Waals surface area contributed by atoms with Gasteiger partial charge in [-0.1, -0.05) is 0 Å². The fraction of sp³-hybridized carbons (Fsp3) is 0.455. The first-order chi connectivity index (χ1) is 9.29. The summed E-state index contributed by atoms with van der Waals surface area (Å²) in [5, 5.41) is 19.9. The van der Waals surface area contributed by atoms with E-state index in [1.807, 2.05) is 0 Å². The molecule has 2 rings (SSSR count). The van der Waals surface area contributed by atoms with Crippen molar-refractivity contribution in [1.82, 2.24) is 4.72 Å². The maximum absolute atomic E-state index is 13.0. The third kappa shape index (κ3) is 3.11. The van der Waals surface area contributed by atoms with Gasteiger partial charge in [-0.05, 0) is 30.9 Å². The molecule has 1 aliphatic carbocycles. The summed E-state index contributed by atoms with van der Waals surface area (Å²) in [7, 11) is -4.08. The van der Waals surface area contributed by atoms with Gasteiger partial charge >= 0.3 is 0 Å². The standard InChI is InChI=1S/C11H13FN2O5S/c12-8-1-2-11(10(5-8)14(16)17)20(18,19)13-6-7-3-9(15)4-7/h1-2,5,7,9,13,15H,3-4,6H2. The van der Waals surface area contributed by atoms with Crippen LogP contribution in [0.1, 0.15) is 12.8 Å². The van der Waals surface area contributed by atoms with Crippen LogP contribution in [0.4, 0.5) is 10.1 Å². The first-order valence-corrected chi connectivity index (χ1v) is 7.39. The Morgan fingerprint density at radius 3 is 2.65 bits per heavy atom. The second kappa shape index (κ2) is 5.43. The second-order valence-corrected chi connectivity index (χ2v) is 6.45. The number of nitrogens with one attached hydrogen (secondary N) is 1. The first kappa shape index (κ1) is 14.8. The number of aliphatic hydroxyl groups excluding tert-OH is 1. The summed E-state index contributed by atoms with van der Waals surface area (Å²) in [6.07, 6.45) is 0.576. The van der Waals surface area contributed by atoms with Crippen LogP contribution >= 0.6 is 0 Å². The third-order valence-corrected chi connectivity index (χ3v) is 4.65. The Bertz CT molecular complexity index is 628. The smallest absolute Gasteiger partial charge is 0.292 e. The van der Waals surface area contributed by atoms with Gasteiger partial charge in [0.2, 0.25) is 10.0 Å². The van der Waals surface area contributed by atoms with Crippen LogP contribution in [-0.2, 0) is 10.0 Å². The van der Waals surface area contributed by atoms with Crippen LogP contribution in [-0.4, -0.2) is 31.1 Å². The lowest BCUT2D eigenvalue weighted by Gasteiger charge is -2.31. The molecule has 9 heteroatoms. The summed E-state index contributed by atoms with van der Waals surface area (Å²) in [6, 6.07) is 2.29. The van der Waals surface area contributed by atoms with E-state index in [2.05, 4.69) is 4.72 Å². The zero-order valence-corrected chi connectivity index (χ0v) is 11.1. The second-order valence-electron chi connectivity index (χ2n) is 4.71. The summed E-state index contributed by atoms with van der Waals surface area (Å²) < 4.78 is 39.2. The Morgan fingerprint density at radius 2 is 2.10 bits per heavy atom. The number of hydrogen-bond acceptors (Lipinski definition) is 5. The van der Waals surface area contributed by atoms with Gasteiger partial charge in [0, 0.05) is 6.54 Å². The van der Waals surface area contributed by atoms with E-state index in [4.69, 9.17) is 5.11 Å². The van der Waals surface area contributed by atoms with Gasteiger partial charge in [0.15, 0.2) is 4.90 Å². The number of nitrogens with zero attached hydrogens (tertiary/aromatic N) is 1. The van der Waals surface area contributed by atoms with Crippen LogP contribution in [0.15, 0.2) is 23.1 Å². The number of nitro benzene ring substituents is 1. The minimum atomic E-state index is -4.08. The Kier molecular flexibility index (Phi) is 4.02. The van der Waals surface area contributed by atoms with Crippen molar-refractivity contribution in [3.05, 3.63) is 34.1 Å². The van der Waals surface area contributed by atoms with Crippen molar-refractivity contribution in [2.45, 2.75) is 23.8 Å². The molecule has 0 bridgehead atoms. The van der Waals surface area contributed by atoms with Crippen molar-refractivity contribution >= 4 is 15.7 Å². The van der Waals surface area contributed by atoms with Gasteiger partial charge in [-0.3, -0.25) is 10.1 Å². The predicted molar refractivity (Wildman–Crippen MR) is 67.0 cm³/mol. The van der Waals surface area contributed by atoms with Crippen LogP contribution in [0.3, 0.4) is 0 Å². The highest BCUT2D eigenvalue weighted by atomic mass is 32.2. The highest BCUT2D eigenvalue weighted by Gasteiger charge is 2.31. The van der Waals surface area contributed by atoms with Gasteiger partial charge < -0.3 is 5.11 Å². The highest BCUT2D eigenvalue weighted by molar-refractivity contribution is 7.89. The van der Waals surface area contributed by atoms with Crippen LogP contribution in [0.25, 0.3) is 0 Å². The van der Waals surface area contributed by atoms with Crippen LogP contribution in [0.2, 0.25) is 0 Å². The van der Waals surface area contributed by atoms with Crippen LogP contribution in [0.5, 0.6) is 0 Å². The van der Waals surface area contributed by atoms with Crippen molar-refractivity contribution in [3.63, 3.8) is 0 Å². The highest BCUT2D eigenvalue weighted by Crippen LogP contribution is 2.28. The monoisotopic (exact) mass is 304 g/mol. The molecule has 0 radical (unpaired) electrons. The maximum Gasteiger partial charge on any atom is 0.292 e. The SMILES string of the molecule is O=[N+]([O-])c1cc(F)ccc1S(=O)(=O)NCC1CC(O)C1. The molecule has 0 aromatic heterocycles. The Hall–Kier alpha value is -1.58. The molecule has 1 aliphatic rings. The summed E-state index contributed by atoms with van der Waals surface area (Å²) >= 11 is 0. The van der Waals surface area contributed by atoms with Gasteiger partial charge in [-0.25, -0.2) is 17.5 Å². The largest absolute Gasteiger partial charge is 0.393 e. The minimum absolute atomic E-state index is 0.0132. The van der Waals surface area contributed by atoms with E-state index in [0.29, 0.717) is 18.9 Å². The normalized spacial score (nSPS) is 22.3. The molecule has 0 saturated heterocycles. The molecular formula is C11H13FN2O5S. The molecule has 1 aromatic carbocycles. The Morgan fingerprint density at radius 1 is 1.45 bits per heavy atom. The van der Waals surface area contributed by atoms with E-state index >= 15 is 0 Å². The lowest BCUT2D eigenvalue weighted by molar-refractivity contribution is -0.388. The van der Waals surface area contributed by atoms with Crippen molar-refractivity contribution in [1.29, 1.82) is 0 Å². The van der Waals surface area contributed by atoms with E-state index < -0.39 is 37.5 Å². The van der Waals surface area contributed by atoms with Crippen molar-refractivity contribution in [2.24, 2.45) is 5.92 Å². The van der Waals surface area contributed by atoms with Gasteiger partial charge in [0.25, 0.3) is 5.69 Å². The molecule has 0 unspecified atom stereocenters. The van der Waals surface area contributed by atoms with Gasteiger partial charge in [0.1, 0.15) is 5.82 Å². The number of rotatable bonds is 5. The lowest BCUT2D eigenvalue weighted by Crippen LogP contribution is -2.38. The molecule has 0 amide bonds. The molecule has 1 saturated carbocycles. The fourth-order valence-corrected chi connectivity index (χ4v) is 3.30. The fourth-order valence-electron chi connectivity index (χ4n) is 2.03. The topological polar surface area (TPSA) is 110 Å². The first-order valence-electron chi connectivity index (χ1n) is 5.91. The number of benzene rings is 1. The maximum atomic E-state index is 13.0. The van der Waals surface area contributed by atoms with Crippen molar-refractivity contribution in [2.75, 3.05) is 6.54 Å². The van der Waals surface area contributed by atoms with Crippen LogP contribution < -0.4 is 4.72 Å². The molecule has 0 aliphatic heterocycles. The average molecular weight is 304 g/mol. The van der Waals surface area contributed by atoms with Crippen molar-refractivity contribution < 1.29 is 22.8 Å². The molecule has 20 heavy (non-hydrogen) atoms. The molecule has 110 valence electrons. The summed E-state index contributed by atoms with van der Waals surface area (Å²) in [6.45, 7) is 0.0912. The van der Waals surface area contributed by atoms with Gasteiger partial charge in [-0.2, -0.15) is 0 Å². The van der Waals surface area contributed by atoms with E-state index in [-0.39, 0.29) is 12.5 Å². The summed E-state index contributed by atoms with van der Waals surface area (Å²) in [5.74, 6) is -0.864. The number of halogens is 1. The number of nitro groups is 1. The summed E-state index contributed by atoms with van der Waals surface area (Å²) in [5.41, 5.74) is -0.800. The number of sulfonamides is 1. The van der Waals surface area contributed by atoms with E-state index in [9.17, 15) is 22.9 Å². The van der Waals surface area contributed by atoms with Gasteiger partial charge in [-0.15, -0.1) is 0 Å². The predicted octanol–water partition coefficient (Wildman–Crippen LogP) is 0.783. The zero-order chi connectivity index (χ0) is 14.9. The van der Waals surface area contributed by atoms with Crippen molar-refractivity contribution in [3.8, 4) is 0 Å². The van der Waals surface area contributed by atoms with E-state index in [1.54, 1.807) is 0 Å². The molecule has 7 nitrogen and oxygen atoms in total.